The standard InChI is InChI=1S/C10H13ClO4/c11-7-3-6-8(9(12)13)5(7)4-10(6)14-1-2-15-10/h5-8H,1-4H2,(H,12,13)/t5-,6+,7+,8-/m0/s1. The van der Waals surface area contributed by atoms with Crippen molar-refractivity contribution in [3.63, 3.8) is 0 Å². The van der Waals surface area contributed by atoms with Crippen LogP contribution in [0, 0.1) is 17.8 Å². The molecule has 0 unspecified atom stereocenters. The second-order valence-electron chi connectivity index (χ2n) is 4.60. The number of alkyl halides is 1. The third-order valence-electron chi connectivity index (χ3n) is 3.98. The minimum absolute atomic E-state index is 0.00673. The largest absolute Gasteiger partial charge is 0.481 e. The van der Waals surface area contributed by atoms with Crippen LogP contribution in [0.1, 0.15) is 12.8 Å². The number of carbonyl (C=O) groups is 1. The van der Waals surface area contributed by atoms with Crippen molar-refractivity contribution >= 4 is 17.6 Å². The summed E-state index contributed by atoms with van der Waals surface area (Å²) in [6, 6.07) is 0. The molecule has 4 nitrogen and oxygen atoms in total. The van der Waals surface area contributed by atoms with E-state index in [9.17, 15) is 9.90 Å². The first-order valence-electron chi connectivity index (χ1n) is 5.29. The third kappa shape index (κ3) is 1.19. The van der Waals surface area contributed by atoms with Crippen LogP contribution in [0.25, 0.3) is 0 Å². The summed E-state index contributed by atoms with van der Waals surface area (Å²) in [5, 5.41) is 9.15. The molecule has 0 amide bonds. The number of rotatable bonds is 1. The van der Waals surface area contributed by atoms with Crippen LogP contribution in [-0.2, 0) is 14.3 Å². The van der Waals surface area contributed by atoms with Crippen molar-refractivity contribution in [1.82, 2.24) is 0 Å². The Morgan fingerprint density at radius 3 is 2.60 bits per heavy atom. The van der Waals surface area contributed by atoms with Crippen LogP contribution < -0.4 is 0 Å². The Kier molecular flexibility index (Phi) is 2.03. The number of carboxylic acid groups (broad SMARTS) is 1. The van der Waals surface area contributed by atoms with Crippen LogP contribution in [0.15, 0.2) is 0 Å². The van der Waals surface area contributed by atoms with Crippen LogP contribution in [0.4, 0.5) is 0 Å². The quantitative estimate of drug-likeness (QED) is 0.688. The molecule has 3 fully saturated rings. The average Bonchev–Trinajstić information content (AvgIpc) is 2.81. The summed E-state index contributed by atoms with van der Waals surface area (Å²) in [4.78, 5) is 11.2. The van der Waals surface area contributed by atoms with Gasteiger partial charge in [0.1, 0.15) is 0 Å². The fourth-order valence-corrected chi connectivity index (χ4v) is 3.87. The van der Waals surface area contributed by atoms with E-state index in [0.717, 1.165) is 0 Å². The molecule has 0 aromatic heterocycles. The summed E-state index contributed by atoms with van der Waals surface area (Å²) in [5.74, 6) is -1.83. The molecule has 0 aromatic rings. The highest BCUT2D eigenvalue weighted by molar-refractivity contribution is 6.21. The number of carboxylic acids is 1. The molecule has 2 saturated carbocycles. The Morgan fingerprint density at radius 2 is 2.07 bits per heavy atom. The molecular formula is C10H13ClO4. The maximum absolute atomic E-state index is 11.2. The van der Waals surface area contributed by atoms with Gasteiger partial charge in [0.15, 0.2) is 5.79 Å². The summed E-state index contributed by atoms with van der Waals surface area (Å²) < 4.78 is 11.2. The highest BCUT2D eigenvalue weighted by Crippen LogP contribution is 2.59. The van der Waals surface area contributed by atoms with Crippen molar-refractivity contribution in [3.05, 3.63) is 0 Å². The zero-order valence-corrected chi connectivity index (χ0v) is 8.94. The molecule has 15 heavy (non-hydrogen) atoms. The van der Waals surface area contributed by atoms with Crippen molar-refractivity contribution in [1.29, 1.82) is 0 Å². The molecule has 3 aliphatic rings. The first kappa shape index (κ1) is 9.87. The van der Waals surface area contributed by atoms with E-state index in [0.29, 0.717) is 26.1 Å². The maximum atomic E-state index is 11.2. The average molecular weight is 233 g/mol. The lowest BCUT2D eigenvalue weighted by Gasteiger charge is -2.33. The van der Waals surface area contributed by atoms with Crippen molar-refractivity contribution < 1.29 is 19.4 Å². The molecule has 0 radical (unpaired) electrons. The number of fused-ring (bicyclic) bond motifs is 3. The van der Waals surface area contributed by atoms with Gasteiger partial charge in [-0.25, -0.2) is 0 Å². The molecule has 4 atom stereocenters. The lowest BCUT2D eigenvalue weighted by atomic mass is 9.93. The Balaban J connectivity index is 1.92. The van der Waals surface area contributed by atoms with Gasteiger partial charge in [0.2, 0.25) is 0 Å². The first-order valence-corrected chi connectivity index (χ1v) is 5.72. The number of ether oxygens (including phenoxy) is 2. The van der Waals surface area contributed by atoms with Gasteiger partial charge in [0, 0.05) is 17.7 Å². The summed E-state index contributed by atoms with van der Waals surface area (Å²) >= 11 is 6.13. The van der Waals surface area contributed by atoms with E-state index in [-0.39, 0.29) is 23.1 Å². The van der Waals surface area contributed by atoms with E-state index in [1.54, 1.807) is 0 Å². The zero-order chi connectivity index (χ0) is 10.6. The zero-order valence-electron chi connectivity index (χ0n) is 8.19. The molecule has 1 N–H and O–H groups in total. The maximum Gasteiger partial charge on any atom is 0.307 e. The second-order valence-corrected chi connectivity index (χ2v) is 5.16. The van der Waals surface area contributed by atoms with Crippen LogP contribution in [0.3, 0.4) is 0 Å². The van der Waals surface area contributed by atoms with Crippen LogP contribution in [0.5, 0.6) is 0 Å². The Bertz CT molecular complexity index is 300. The second kappa shape index (κ2) is 3.09. The van der Waals surface area contributed by atoms with E-state index in [1.165, 1.54) is 0 Å². The molecule has 0 aromatic carbocycles. The van der Waals surface area contributed by atoms with Crippen LogP contribution >= 0.6 is 11.6 Å². The van der Waals surface area contributed by atoms with Gasteiger partial charge in [0.05, 0.1) is 19.1 Å². The monoisotopic (exact) mass is 232 g/mol. The fourth-order valence-electron chi connectivity index (χ4n) is 3.43. The van der Waals surface area contributed by atoms with Gasteiger partial charge < -0.3 is 14.6 Å². The number of aliphatic carboxylic acids is 1. The van der Waals surface area contributed by atoms with Gasteiger partial charge in [0.25, 0.3) is 0 Å². The highest BCUT2D eigenvalue weighted by Gasteiger charge is 2.65. The highest BCUT2D eigenvalue weighted by atomic mass is 35.5. The normalized spacial score (nSPS) is 46.5. The molecule has 1 spiro atoms. The van der Waals surface area contributed by atoms with E-state index in [4.69, 9.17) is 21.1 Å². The summed E-state index contributed by atoms with van der Waals surface area (Å²) in [7, 11) is 0. The fraction of sp³-hybridized carbons (Fsp3) is 0.900. The molecular weight excluding hydrogens is 220 g/mol. The van der Waals surface area contributed by atoms with Gasteiger partial charge in [-0.05, 0) is 12.3 Å². The number of hydrogen-bond acceptors (Lipinski definition) is 3. The van der Waals surface area contributed by atoms with E-state index < -0.39 is 11.8 Å². The Morgan fingerprint density at radius 1 is 1.40 bits per heavy atom. The molecule has 2 aliphatic carbocycles. The number of halogens is 1. The minimum atomic E-state index is -0.760. The van der Waals surface area contributed by atoms with Gasteiger partial charge in [-0.2, -0.15) is 0 Å². The summed E-state index contributed by atoms with van der Waals surface area (Å²) in [5.41, 5.74) is 0. The topological polar surface area (TPSA) is 55.8 Å². The molecule has 5 heteroatoms. The summed E-state index contributed by atoms with van der Waals surface area (Å²) in [6.45, 7) is 1.14. The summed E-state index contributed by atoms with van der Waals surface area (Å²) in [6.07, 6.45) is 1.34. The van der Waals surface area contributed by atoms with E-state index >= 15 is 0 Å². The van der Waals surface area contributed by atoms with Crippen LogP contribution in [0.2, 0.25) is 0 Å². The minimum Gasteiger partial charge on any atom is -0.481 e. The molecule has 2 bridgehead atoms. The Hall–Kier alpha value is -0.320. The van der Waals surface area contributed by atoms with Gasteiger partial charge in [-0.15, -0.1) is 11.6 Å². The molecule has 84 valence electrons. The van der Waals surface area contributed by atoms with Crippen molar-refractivity contribution in [2.24, 2.45) is 17.8 Å². The van der Waals surface area contributed by atoms with Crippen molar-refractivity contribution in [3.8, 4) is 0 Å². The van der Waals surface area contributed by atoms with Gasteiger partial charge in [-0.3, -0.25) is 4.79 Å². The predicted octanol–water partition coefficient (Wildman–Crippen LogP) is 1.08. The van der Waals surface area contributed by atoms with Gasteiger partial charge >= 0.3 is 5.97 Å². The third-order valence-corrected chi connectivity index (χ3v) is 4.49. The smallest absolute Gasteiger partial charge is 0.307 e. The lowest BCUT2D eigenvalue weighted by molar-refractivity contribution is -0.195. The molecule has 3 rings (SSSR count). The molecule has 1 saturated heterocycles. The molecule has 1 aliphatic heterocycles. The SMILES string of the molecule is O=C(O)[C@H]1[C@H]2CC3(OCCO3)[C@@H]1C[C@H]2Cl. The van der Waals surface area contributed by atoms with Gasteiger partial charge in [-0.1, -0.05) is 0 Å². The van der Waals surface area contributed by atoms with Crippen molar-refractivity contribution in [2.45, 2.75) is 24.0 Å². The lowest BCUT2D eigenvalue weighted by Crippen LogP contribution is -2.39. The van der Waals surface area contributed by atoms with E-state index in [2.05, 4.69) is 0 Å². The van der Waals surface area contributed by atoms with E-state index in [1.807, 2.05) is 0 Å². The predicted molar refractivity (Wildman–Crippen MR) is 51.6 cm³/mol. The first-order chi connectivity index (χ1) is 7.14. The Labute approximate surface area is 92.5 Å². The number of hydrogen-bond donors (Lipinski definition) is 1. The van der Waals surface area contributed by atoms with Crippen LogP contribution in [-0.4, -0.2) is 35.5 Å². The molecule has 1 heterocycles. The van der Waals surface area contributed by atoms with Crippen molar-refractivity contribution in [2.75, 3.05) is 13.2 Å².